The Bertz CT molecular complexity index is 838. The van der Waals surface area contributed by atoms with E-state index in [0.717, 1.165) is 48.5 Å². The zero-order valence-electron chi connectivity index (χ0n) is 13.9. The minimum atomic E-state index is -3.52. The Labute approximate surface area is 137 Å². The fraction of sp³-hybridized carbons (Fsp3) is 0.471. The summed E-state index contributed by atoms with van der Waals surface area (Å²) in [5.74, 6) is 0.973. The Balaban J connectivity index is 1.83. The van der Waals surface area contributed by atoms with E-state index >= 15 is 0 Å². The minimum Gasteiger partial charge on any atom is -0.332 e. The number of aromatic nitrogens is 2. The molecule has 6 heteroatoms. The molecule has 1 aromatic carbocycles. The maximum atomic E-state index is 12.6. The number of fused-ring (bicyclic) bond motifs is 1. The molecule has 1 aliphatic heterocycles. The fourth-order valence-corrected chi connectivity index (χ4v) is 4.51. The van der Waals surface area contributed by atoms with Crippen LogP contribution in [0, 0.1) is 20.8 Å². The lowest BCUT2D eigenvalue weighted by atomic mass is 10.1. The smallest absolute Gasteiger partial charge is 0.241 e. The summed E-state index contributed by atoms with van der Waals surface area (Å²) in [5, 5.41) is 0. The predicted octanol–water partition coefficient (Wildman–Crippen LogP) is 2.62. The SMILES string of the molecule is Cc1ccc(S(=O)(=O)NCc2nc(C)n3c2CCCC3)c(C)c1. The van der Waals surface area contributed by atoms with E-state index in [1.807, 2.05) is 32.9 Å². The molecule has 0 saturated heterocycles. The zero-order valence-corrected chi connectivity index (χ0v) is 14.7. The van der Waals surface area contributed by atoms with E-state index in [0.29, 0.717) is 4.90 Å². The van der Waals surface area contributed by atoms with Crippen molar-refractivity contribution < 1.29 is 8.42 Å². The van der Waals surface area contributed by atoms with Gasteiger partial charge < -0.3 is 4.57 Å². The van der Waals surface area contributed by atoms with Gasteiger partial charge in [0.15, 0.2) is 0 Å². The summed E-state index contributed by atoms with van der Waals surface area (Å²) in [5.41, 5.74) is 3.86. The standard InChI is InChI=1S/C17H23N3O2S/c1-12-7-8-17(13(2)10-12)23(21,22)18-11-15-16-6-4-5-9-20(16)14(3)19-15/h7-8,10,18H,4-6,9,11H2,1-3H3. The Hall–Kier alpha value is -1.66. The van der Waals surface area contributed by atoms with Crippen LogP contribution in [0.1, 0.15) is 41.2 Å². The van der Waals surface area contributed by atoms with Crippen LogP contribution >= 0.6 is 0 Å². The predicted molar refractivity (Wildman–Crippen MR) is 89.8 cm³/mol. The summed E-state index contributed by atoms with van der Waals surface area (Å²) in [4.78, 5) is 4.90. The highest BCUT2D eigenvalue weighted by Gasteiger charge is 2.21. The fourth-order valence-electron chi connectivity index (χ4n) is 3.29. The van der Waals surface area contributed by atoms with Gasteiger partial charge in [0.2, 0.25) is 10.0 Å². The molecule has 0 radical (unpaired) electrons. The van der Waals surface area contributed by atoms with Gasteiger partial charge >= 0.3 is 0 Å². The molecule has 1 N–H and O–H groups in total. The van der Waals surface area contributed by atoms with Gasteiger partial charge in [-0.3, -0.25) is 0 Å². The molecular formula is C17H23N3O2S. The summed E-state index contributed by atoms with van der Waals surface area (Å²) in [7, 11) is -3.52. The molecule has 0 saturated carbocycles. The van der Waals surface area contributed by atoms with Crippen molar-refractivity contribution in [2.24, 2.45) is 0 Å². The molecule has 3 rings (SSSR count). The second-order valence-electron chi connectivity index (χ2n) is 6.25. The van der Waals surface area contributed by atoms with Crippen LogP contribution in [0.5, 0.6) is 0 Å². The molecule has 5 nitrogen and oxygen atoms in total. The second-order valence-corrected chi connectivity index (χ2v) is 7.99. The minimum absolute atomic E-state index is 0.249. The van der Waals surface area contributed by atoms with Crippen LogP contribution in [0.15, 0.2) is 23.1 Å². The van der Waals surface area contributed by atoms with Gasteiger partial charge in [0.1, 0.15) is 5.82 Å². The Morgan fingerprint density at radius 2 is 2.00 bits per heavy atom. The molecule has 1 aromatic heterocycles. The number of nitrogens with one attached hydrogen (secondary N) is 1. The van der Waals surface area contributed by atoms with E-state index in [4.69, 9.17) is 0 Å². The van der Waals surface area contributed by atoms with Crippen molar-refractivity contribution in [1.82, 2.24) is 14.3 Å². The number of sulfonamides is 1. The van der Waals surface area contributed by atoms with Gasteiger partial charge in [-0.05, 0) is 51.7 Å². The first-order chi connectivity index (χ1) is 10.9. The topological polar surface area (TPSA) is 64.0 Å². The van der Waals surface area contributed by atoms with E-state index in [2.05, 4.69) is 14.3 Å². The van der Waals surface area contributed by atoms with Crippen molar-refractivity contribution >= 4 is 10.0 Å². The highest BCUT2D eigenvalue weighted by molar-refractivity contribution is 7.89. The van der Waals surface area contributed by atoms with Gasteiger partial charge in [0.05, 0.1) is 17.1 Å². The normalized spacial score (nSPS) is 14.7. The number of imidazole rings is 1. The largest absolute Gasteiger partial charge is 0.332 e. The summed E-state index contributed by atoms with van der Waals surface area (Å²) in [6.07, 6.45) is 3.28. The zero-order chi connectivity index (χ0) is 16.6. The maximum absolute atomic E-state index is 12.6. The quantitative estimate of drug-likeness (QED) is 0.935. The van der Waals surface area contributed by atoms with Gasteiger partial charge in [-0.15, -0.1) is 0 Å². The van der Waals surface area contributed by atoms with E-state index in [9.17, 15) is 8.42 Å². The van der Waals surface area contributed by atoms with Crippen molar-refractivity contribution in [3.05, 3.63) is 46.5 Å². The van der Waals surface area contributed by atoms with Crippen molar-refractivity contribution in [2.45, 2.75) is 58.0 Å². The lowest BCUT2D eigenvalue weighted by molar-refractivity contribution is 0.519. The summed E-state index contributed by atoms with van der Waals surface area (Å²) < 4.78 is 30.1. The number of rotatable bonds is 4. The molecule has 2 aromatic rings. The first-order valence-corrected chi connectivity index (χ1v) is 9.48. The summed E-state index contributed by atoms with van der Waals surface area (Å²) in [6, 6.07) is 5.38. The van der Waals surface area contributed by atoms with Crippen LogP contribution in [0.4, 0.5) is 0 Å². The molecule has 124 valence electrons. The highest BCUT2D eigenvalue weighted by atomic mass is 32.2. The van der Waals surface area contributed by atoms with E-state index in [1.54, 1.807) is 6.07 Å². The van der Waals surface area contributed by atoms with Gasteiger partial charge in [0, 0.05) is 12.2 Å². The number of aryl methyl sites for hydroxylation is 3. The van der Waals surface area contributed by atoms with E-state index in [-0.39, 0.29) is 6.54 Å². The van der Waals surface area contributed by atoms with Crippen molar-refractivity contribution in [1.29, 1.82) is 0 Å². The molecule has 0 amide bonds. The molecular weight excluding hydrogens is 310 g/mol. The summed E-state index contributed by atoms with van der Waals surface area (Å²) in [6.45, 7) is 6.99. The molecule has 23 heavy (non-hydrogen) atoms. The van der Waals surface area contributed by atoms with Crippen molar-refractivity contribution in [2.75, 3.05) is 0 Å². The van der Waals surface area contributed by atoms with Crippen molar-refractivity contribution in [3.8, 4) is 0 Å². The monoisotopic (exact) mass is 333 g/mol. The molecule has 0 fully saturated rings. The lowest BCUT2D eigenvalue weighted by Crippen LogP contribution is -2.25. The van der Waals surface area contributed by atoms with Crippen molar-refractivity contribution in [3.63, 3.8) is 0 Å². The van der Waals surface area contributed by atoms with Gasteiger partial charge in [0.25, 0.3) is 0 Å². The third kappa shape index (κ3) is 3.19. The average molecular weight is 333 g/mol. The van der Waals surface area contributed by atoms with E-state index in [1.165, 1.54) is 5.69 Å². The Morgan fingerprint density at radius 1 is 1.22 bits per heavy atom. The van der Waals surface area contributed by atoms with Gasteiger partial charge in [-0.2, -0.15) is 0 Å². The Morgan fingerprint density at radius 3 is 2.74 bits per heavy atom. The first-order valence-electron chi connectivity index (χ1n) is 8.00. The van der Waals surface area contributed by atoms with Crippen LogP contribution in [0.3, 0.4) is 0 Å². The third-order valence-electron chi connectivity index (χ3n) is 4.44. The Kier molecular flexibility index (Phi) is 4.29. The van der Waals surface area contributed by atoms with Crippen LogP contribution in [0.2, 0.25) is 0 Å². The number of benzene rings is 1. The molecule has 0 spiro atoms. The molecule has 0 atom stereocenters. The number of nitrogens with zero attached hydrogens (tertiary/aromatic N) is 2. The van der Waals surface area contributed by atoms with E-state index < -0.39 is 10.0 Å². The summed E-state index contributed by atoms with van der Waals surface area (Å²) >= 11 is 0. The molecule has 0 bridgehead atoms. The van der Waals surface area contributed by atoms with Crippen LogP contribution in [0.25, 0.3) is 0 Å². The number of hydrogen-bond donors (Lipinski definition) is 1. The van der Waals surface area contributed by atoms with Gasteiger partial charge in [-0.1, -0.05) is 17.7 Å². The third-order valence-corrected chi connectivity index (χ3v) is 6.00. The maximum Gasteiger partial charge on any atom is 0.241 e. The lowest BCUT2D eigenvalue weighted by Gasteiger charge is -2.16. The van der Waals surface area contributed by atoms with Crippen LogP contribution in [-0.4, -0.2) is 18.0 Å². The highest BCUT2D eigenvalue weighted by Crippen LogP contribution is 2.21. The molecule has 0 aliphatic carbocycles. The number of hydrogen-bond acceptors (Lipinski definition) is 3. The van der Waals surface area contributed by atoms with Crippen LogP contribution in [-0.2, 0) is 29.5 Å². The van der Waals surface area contributed by atoms with Gasteiger partial charge in [-0.25, -0.2) is 18.1 Å². The molecule has 1 aliphatic rings. The first kappa shape index (κ1) is 16.2. The molecule has 0 unspecified atom stereocenters. The second kappa shape index (κ2) is 6.09. The van der Waals surface area contributed by atoms with Crippen LogP contribution < -0.4 is 4.72 Å². The molecule has 2 heterocycles. The average Bonchev–Trinajstić information content (AvgIpc) is 2.82.